The fourth-order valence-electron chi connectivity index (χ4n) is 3.72. The van der Waals surface area contributed by atoms with Crippen LogP contribution in [0.4, 0.5) is 17.6 Å². The second-order valence-electron chi connectivity index (χ2n) is 7.52. The number of nitrogens with zero attached hydrogens (tertiary/aromatic N) is 5. The van der Waals surface area contributed by atoms with Crippen molar-refractivity contribution in [3.8, 4) is 17.4 Å². The summed E-state index contributed by atoms with van der Waals surface area (Å²) in [6.07, 6.45) is 0.225. The molecule has 1 fully saturated rings. The van der Waals surface area contributed by atoms with Crippen LogP contribution in [0.3, 0.4) is 0 Å². The molecule has 1 aliphatic heterocycles. The normalized spacial score (nSPS) is 18.8. The van der Waals surface area contributed by atoms with Gasteiger partial charge in [-0.2, -0.15) is 13.2 Å². The molecule has 1 aromatic carbocycles. The first kappa shape index (κ1) is 22.6. The Morgan fingerprint density at radius 2 is 1.79 bits per heavy atom. The highest BCUT2D eigenvalue weighted by Crippen LogP contribution is 2.30. The van der Waals surface area contributed by atoms with Gasteiger partial charge in [-0.05, 0) is 31.9 Å². The molecule has 0 aliphatic carbocycles. The maximum atomic E-state index is 14.8. The minimum absolute atomic E-state index is 0.151. The fourth-order valence-corrected chi connectivity index (χ4v) is 3.72. The number of alkyl halides is 3. The number of hydrogen-bond donors (Lipinski definition) is 0. The topological polar surface area (TPSA) is 81.1 Å². The smallest absolute Gasteiger partial charge is 0.419 e. The minimum Gasteiger partial charge on any atom is -0.458 e. The molecule has 7 nitrogen and oxygen atoms in total. The third kappa shape index (κ3) is 4.76. The van der Waals surface area contributed by atoms with Crippen molar-refractivity contribution < 1.29 is 27.1 Å². The highest BCUT2D eigenvalue weighted by molar-refractivity contribution is 6.00. The van der Waals surface area contributed by atoms with E-state index in [2.05, 4.69) is 19.9 Å². The monoisotopic (exact) mass is 461 g/mol. The first-order chi connectivity index (χ1) is 15.8. The van der Waals surface area contributed by atoms with Crippen molar-refractivity contribution in [3.05, 3.63) is 66.0 Å². The van der Waals surface area contributed by atoms with Crippen LogP contribution in [0.2, 0.25) is 0 Å². The van der Waals surface area contributed by atoms with Crippen molar-refractivity contribution in [2.24, 2.45) is 0 Å². The van der Waals surface area contributed by atoms with E-state index in [-0.39, 0.29) is 23.0 Å². The number of amides is 1. The highest BCUT2D eigenvalue weighted by Gasteiger charge is 2.36. The summed E-state index contributed by atoms with van der Waals surface area (Å²) in [6, 6.07) is 5.12. The van der Waals surface area contributed by atoms with Gasteiger partial charge in [0.05, 0.1) is 17.2 Å². The second kappa shape index (κ2) is 9.08. The van der Waals surface area contributed by atoms with Crippen LogP contribution in [0, 0.1) is 5.82 Å². The Hall–Kier alpha value is -3.63. The van der Waals surface area contributed by atoms with Gasteiger partial charge in [0.2, 0.25) is 0 Å². The Morgan fingerprint density at radius 3 is 2.45 bits per heavy atom. The zero-order valence-corrected chi connectivity index (χ0v) is 17.5. The van der Waals surface area contributed by atoms with Crippen LogP contribution in [0.25, 0.3) is 11.4 Å². The fraction of sp³-hybridized carbons (Fsp3) is 0.318. The van der Waals surface area contributed by atoms with Crippen LogP contribution in [0.1, 0.15) is 35.7 Å². The van der Waals surface area contributed by atoms with Crippen molar-refractivity contribution in [3.63, 3.8) is 0 Å². The minimum atomic E-state index is -4.56. The number of carbonyl (C=O) groups is 1. The molecule has 2 atom stereocenters. The van der Waals surface area contributed by atoms with Gasteiger partial charge in [0.25, 0.3) is 5.91 Å². The average molecular weight is 461 g/mol. The van der Waals surface area contributed by atoms with Crippen LogP contribution >= 0.6 is 0 Å². The van der Waals surface area contributed by atoms with Gasteiger partial charge in [-0.3, -0.25) is 4.79 Å². The maximum absolute atomic E-state index is 14.8. The molecule has 2 aromatic heterocycles. The third-order valence-corrected chi connectivity index (χ3v) is 5.42. The van der Waals surface area contributed by atoms with E-state index in [0.717, 1.165) is 0 Å². The molecule has 0 N–H and O–H groups in total. The molecule has 0 radical (unpaired) electrons. The van der Waals surface area contributed by atoms with Crippen molar-refractivity contribution in [1.82, 2.24) is 24.8 Å². The zero-order chi connectivity index (χ0) is 23.6. The van der Waals surface area contributed by atoms with E-state index < -0.39 is 35.6 Å². The largest absolute Gasteiger partial charge is 0.458 e. The lowest BCUT2D eigenvalue weighted by Crippen LogP contribution is -2.51. The SMILES string of the molecule is C[C@H]1[C@H](Oc2ncc(C(F)(F)F)cn2)CCCN1C(=O)c1c(F)cccc1-c1ncccn1. The van der Waals surface area contributed by atoms with Gasteiger partial charge in [-0.25, -0.2) is 24.3 Å². The van der Waals surface area contributed by atoms with E-state index in [9.17, 15) is 22.4 Å². The number of hydrogen-bond acceptors (Lipinski definition) is 6. The lowest BCUT2D eigenvalue weighted by atomic mass is 9.97. The van der Waals surface area contributed by atoms with E-state index in [0.29, 0.717) is 31.8 Å². The van der Waals surface area contributed by atoms with Crippen LogP contribution < -0.4 is 4.74 Å². The molecule has 1 amide bonds. The first-order valence-corrected chi connectivity index (χ1v) is 10.2. The van der Waals surface area contributed by atoms with Crippen LogP contribution in [-0.4, -0.2) is 49.4 Å². The van der Waals surface area contributed by atoms with Crippen LogP contribution in [0.15, 0.2) is 49.1 Å². The summed E-state index contributed by atoms with van der Waals surface area (Å²) in [5.41, 5.74) is -0.873. The number of carbonyl (C=O) groups excluding carboxylic acids is 1. The standard InChI is InChI=1S/C22H19F4N5O2/c1-13-17(33-21-29-11-14(12-30-21)22(24,25)26)7-3-10-31(13)20(32)18-15(5-2-6-16(18)23)19-27-8-4-9-28-19/h2,4-6,8-9,11-13,17H,3,7,10H2,1H3/t13-,17+/m0/s1. The summed E-state index contributed by atoms with van der Waals surface area (Å²) >= 11 is 0. The summed E-state index contributed by atoms with van der Waals surface area (Å²) in [5.74, 6) is -1.04. The van der Waals surface area contributed by atoms with Crippen molar-refractivity contribution >= 4 is 5.91 Å². The summed E-state index contributed by atoms with van der Waals surface area (Å²) in [6.45, 7) is 2.09. The Kier molecular flexibility index (Phi) is 6.21. The molecule has 0 spiro atoms. The van der Waals surface area contributed by atoms with Crippen LogP contribution in [0.5, 0.6) is 6.01 Å². The molecule has 11 heteroatoms. The van der Waals surface area contributed by atoms with E-state index in [1.165, 1.54) is 29.4 Å². The molecule has 0 bridgehead atoms. The summed E-state index contributed by atoms with van der Waals surface area (Å²) < 4.78 is 58.7. The Balaban J connectivity index is 1.56. The molecule has 0 saturated carbocycles. The number of aromatic nitrogens is 4. The van der Waals surface area contributed by atoms with Gasteiger partial charge in [0, 0.05) is 36.9 Å². The Labute approximate surface area is 186 Å². The van der Waals surface area contributed by atoms with Crippen molar-refractivity contribution in [1.29, 1.82) is 0 Å². The maximum Gasteiger partial charge on any atom is 0.419 e. The molecule has 4 rings (SSSR count). The predicted molar refractivity (Wildman–Crippen MR) is 109 cm³/mol. The highest BCUT2D eigenvalue weighted by atomic mass is 19.4. The Bertz CT molecular complexity index is 1130. The second-order valence-corrected chi connectivity index (χ2v) is 7.52. The Morgan fingerprint density at radius 1 is 1.09 bits per heavy atom. The summed E-state index contributed by atoms with van der Waals surface area (Å²) in [7, 11) is 0. The molecule has 3 aromatic rings. The first-order valence-electron chi connectivity index (χ1n) is 10.2. The number of likely N-dealkylation sites (tertiary alicyclic amines) is 1. The summed E-state index contributed by atoms with van der Waals surface area (Å²) in [5, 5.41) is 0. The van der Waals surface area contributed by atoms with Gasteiger partial charge in [0.1, 0.15) is 11.9 Å². The molecule has 33 heavy (non-hydrogen) atoms. The van der Waals surface area contributed by atoms with E-state index >= 15 is 0 Å². The molecular formula is C22H19F4N5O2. The van der Waals surface area contributed by atoms with Gasteiger partial charge in [0.15, 0.2) is 5.82 Å². The molecule has 3 heterocycles. The quantitative estimate of drug-likeness (QED) is 0.543. The molecule has 1 aliphatic rings. The lowest BCUT2D eigenvalue weighted by molar-refractivity contribution is -0.138. The number of rotatable bonds is 4. The molecule has 172 valence electrons. The zero-order valence-electron chi connectivity index (χ0n) is 17.5. The van der Waals surface area contributed by atoms with E-state index in [1.807, 2.05) is 0 Å². The van der Waals surface area contributed by atoms with Crippen molar-refractivity contribution in [2.45, 2.75) is 38.1 Å². The van der Waals surface area contributed by atoms with E-state index in [1.54, 1.807) is 19.1 Å². The summed E-state index contributed by atoms with van der Waals surface area (Å²) in [4.78, 5) is 30.4. The van der Waals surface area contributed by atoms with Gasteiger partial charge in [-0.1, -0.05) is 12.1 Å². The molecular weight excluding hydrogens is 442 g/mol. The van der Waals surface area contributed by atoms with Gasteiger partial charge >= 0.3 is 12.2 Å². The number of piperidine rings is 1. The third-order valence-electron chi connectivity index (χ3n) is 5.42. The van der Waals surface area contributed by atoms with Gasteiger partial charge in [-0.15, -0.1) is 0 Å². The molecule has 0 unspecified atom stereocenters. The lowest BCUT2D eigenvalue weighted by Gasteiger charge is -2.39. The predicted octanol–water partition coefficient (Wildman–Crippen LogP) is 4.16. The molecule has 1 saturated heterocycles. The number of halogens is 4. The number of ether oxygens (including phenoxy) is 1. The van der Waals surface area contributed by atoms with E-state index in [4.69, 9.17) is 4.74 Å². The van der Waals surface area contributed by atoms with Crippen molar-refractivity contribution in [2.75, 3.05) is 6.54 Å². The average Bonchev–Trinajstić information content (AvgIpc) is 2.80. The van der Waals surface area contributed by atoms with Crippen LogP contribution in [-0.2, 0) is 6.18 Å². The number of benzene rings is 1. The van der Waals surface area contributed by atoms with Gasteiger partial charge < -0.3 is 9.64 Å².